The van der Waals surface area contributed by atoms with Crippen molar-refractivity contribution in [2.75, 3.05) is 57.4 Å². The Morgan fingerprint density at radius 3 is 2.70 bits per heavy atom. The van der Waals surface area contributed by atoms with Crippen LogP contribution < -0.4 is 20.3 Å². The molecule has 9 rings (SSSR count). The molecule has 50 heavy (non-hydrogen) atoms. The van der Waals surface area contributed by atoms with Crippen LogP contribution in [-0.4, -0.2) is 99.5 Å². The molecule has 3 atom stereocenters. The lowest BCUT2D eigenvalue weighted by Gasteiger charge is -2.38. The smallest absolute Gasteiger partial charge is 0.322 e. The van der Waals surface area contributed by atoms with Gasteiger partial charge >= 0.3 is 6.03 Å². The van der Waals surface area contributed by atoms with Crippen molar-refractivity contribution < 1.29 is 28.6 Å². The van der Waals surface area contributed by atoms with Crippen LogP contribution in [0.4, 0.5) is 15.1 Å². The third-order valence-electron chi connectivity index (χ3n) is 11.2. The van der Waals surface area contributed by atoms with Crippen molar-refractivity contribution in [1.29, 1.82) is 0 Å². The number of amides is 3. The number of benzene rings is 2. The summed E-state index contributed by atoms with van der Waals surface area (Å²) in [5, 5.41) is 16.9. The summed E-state index contributed by atoms with van der Waals surface area (Å²) in [5.41, 5.74) is 0.579. The molecule has 1 aliphatic carbocycles. The fourth-order valence-corrected chi connectivity index (χ4v) is 8.40. The van der Waals surface area contributed by atoms with E-state index in [1.807, 2.05) is 4.90 Å². The number of imide groups is 1. The van der Waals surface area contributed by atoms with E-state index < -0.39 is 17.4 Å². The molecule has 6 heterocycles. The Labute approximate surface area is 287 Å². The van der Waals surface area contributed by atoms with Gasteiger partial charge in [-0.1, -0.05) is 12.0 Å². The summed E-state index contributed by atoms with van der Waals surface area (Å²) in [6.07, 6.45) is 10.6. The number of anilines is 1. The van der Waals surface area contributed by atoms with Crippen LogP contribution in [0.3, 0.4) is 0 Å². The zero-order chi connectivity index (χ0) is 34.2. The molecule has 3 N–H and O–H groups in total. The number of aromatic nitrogens is 4. The number of imidazole rings is 1. The lowest BCUT2D eigenvalue weighted by atomic mass is 9.89. The molecule has 4 aliphatic heterocycles. The van der Waals surface area contributed by atoms with Crippen LogP contribution in [-0.2, 0) is 16.1 Å². The van der Waals surface area contributed by atoms with Crippen molar-refractivity contribution in [1.82, 2.24) is 35.1 Å². The number of hydrogen-bond donors (Lipinski definition) is 3. The fraction of sp³-hybridized carbons (Fsp3) is 0.472. The van der Waals surface area contributed by atoms with Crippen molar-refractivity contribution in [3.8, 4) is 24.0 Å². The highest BCUT2D eigenvalue weighted by Gasteiger charge is 2.50. The molecule has 3 amide bonds. The highest BCUT2D eigenvalue weighted by atomic mass is 19.1. The maximum atomic E-state index is 14.9. The second kappa shape index (κ2) is 11.5. The molecule has 0 radical (unpaired) electrons. The minimum atomic E-state index is -1.08. The predicted octanol–water partition coefficient (Wildman–Crippen LogP) is 2.77. The van der Waals surface area contributed by atoms with Crippen molar-refractivity contribution >= 4 is 39.8 Å². The zero-order valence-corrected chi connectivity index (χ0v) is 27.5. The van der Waals surface area contributed by atoms with Gasteiger partial charge in [0.15, 0.2) is 11.2 Å². The van der Waals surface area contributed by atoms with E-state index in [0.717, 1.165) is 45.7 Å². The Morgan fingerprint density at radius 2 is 1.96 bits per heavy atom. The summed E-state index contributed by atoms with van der Waals surface area (Å²) in [5.74, 6) is 3.49. The first kappa shape index (κ1) is 31.0. The highest BCUT2D eigenvalue weighted by Crippen LogP contribution is 2.48. The van der Waals surface area contributed by atoms with Crippen LogP contribution in [0.5, 0.6) is 11.6 Å². The lowest BCUT2D eigenvalue weighted by molar-refractivity contribution is -0.124. The molecule has 1 spiro atoms. The van der Waals surface area contributed by atoms with Gasteiger partial charge in [0.25, 0.3) is 5.91 Å². The third kappa shape index (κ3) is 5.27. The molecule has 0 bridgehead atoms. The topological polar surface area (TPSA) is 147 Å². The minimum absolute atomic E-state index is 0.0187. The monoisotopic (exact) mass is 680 g/mol. The van der Waals surface area contributed by atoms with Gasteiger partial charge in [-0.25, -0.2) is 14.2 Å². The number of aromatic hydroxyl groups is 1. The highest BCUT2D eigenvalue weighted by molar-refractivity contribution is 6.07. The van der Waals surface area contributed by atoms with E-state index in [2.05, 4.69) is 21.5 Å². The van der Waals surface area contributed by atoms with Gasteiger partial charge < -0.3 is 34.3 Å². The molecule has 5 fully saturated rings. The number of urea groups is 1. The number of carbonyl (C=O) groups excluding carboxylic acids is 2. The average Bonchev–Trinajstić information content (AvgIpc) is 3.36. The number of nitrogens with one attached hydrogen (secondary N) is 2. The SMILES string of the molecule is C#Cc1c(F)ccc2cc(O)cc(Cn3cnc4c(OCC5(CN6CC7COCC7C6)CC5)nc(N5CCCC6(C5)NC(=O)NC6=O)nc43)c12. The van der Waals surface area contributed by atoms with Crippen LogP contribution in [0.25, 0.3) is 21.9 Å². The number of nitrogens with zero attached hydrogens (tertiary/aromatic N) is 6. The van der Waals surface area contributed by atoms with E-state index in [1.54, 1.807) is 29.1 Å². The molecule has 2 aromatic heterocycles. The van der Waals surface area contributed by atoms with Crippen LogP contribution in [0, 0.1) is 35.4 Å². The number of phenols is 1. The molecule has 14 heteroatoms. The number of hydrogen-bond acceptors (Lipinski definition) is 10. The second-order valence-corrected chi connectivity index (χ2v) is 14.7. The molecule has 1 saturated carbocycles. The molecule has 5 aliphatic rings. The number of terminal acetylenes is 1. The summed E-state index contributed by atoms with van der Waals surface area (Å²) >= 11 is 0. The molecule has 4 aromatic rings. The summed E-state index contributed by atoms with van der Waals surface area (Å²) in [6.45, 7) is 6.14. The Balaban J connectivity index is 1.07. The first-order valence-corrected chi connectivity index (χ1v) is 17.2. The van der Waals surface area contributed by atoms with Gasteiger partial charge in [0, 0.05) is 48.8 Å². The largest absolute Gasteiger partial charge is 0.508 e. The van der Waals surface area contributed by atoms with Gasteiger partial charge in [-0.15, -0.1) is 6.42 Å². The first-order valence-electron chi connectivity index (χ1n) is 17.2. The molecule has 3 unspecified atom stereocenters. The quantitative estimate of drug-likeness (QED) is 0.188. The van der Waals surface area contributed by atoms with E-state index in [1.165, 1.54) is 6.07 Å². The average molecular weight is 681 g/mol. The summed E-state index contributed by atoms with van der Waals surface area (Å²) in [4.78, 5) is 44.0. The van der Waals surface area contributed by atoms with Crippen molar-refractivity contribution in [3.63, 3.8) is 0 Å². The Kier molecular flexibility index (Phi) is 7.15. The van der Waals surface area contributed by atoms with E-state index in [4.69, 9.17) is 30.8 Å². The van der Waals surface area contributed by atoms with Crippen molar-refractivity contribution in [2.45, 2.75) is 37.8 Å². The van der Waals surface area contributed by atoms with E-state index in [-0.39, 0.29) is 35.7 Å². The van der Waals surface area contributed by atoms with Gasteiger partial charge in [0.05, 0.1) is 44.8 Å². The zero-order valence-electron chi connectivity index (χ0n) is 27.5. The first-order chi connectivity index (χ1) is 24.2. The van der Waals surface area contributed by atoms with Crippen molar-refractivity contribution in [2.24, 2.45) is 17.3 Å². The van der Waals surface area contributed by atoms with E-state index >= 15 is 0 Å². The summed E-state index contributed by atoms with van der Waals surface area (Å²) in [6, 6.07) is 5.50. The van der Waals surface area contributed by atoms with Gasteiger partial charge in [0.1, 0.15) is 17.1 Å². The fourth-order valence-electron chi connectivity index (χ4n) is 8.40. The van der Waals surface area contributed by atoms with Gasteiger partial charge in [-0.2, -0.15) is 9.97 Å². The summed E-state index contributed by atoms with van der Waals surface area (Å²) in [7, 11) is 0. The second-order valence-electron chi connectivity index (χ2n) is 14.7. The maximum absolute atomic E-state index is 14.9. The number of ether oxygens (including phenoxy) is 2. The number of likely N-dealkylation sites (tertiary alicyclic amines) is 1. The third-order valence-corrected chi connectivity index (χ3v) is 11.2. The summed E-state index contributed by atoms with van der Waals surface area (Å²) < 4.78 is 28.9. The molecular formula is C36H37FN8O5. The van der Waals surface area contributed by atoms with Crippen LogP contribution in [0.1, 0.15) is 36.8 Å². The number of carbonyl (C=O) groups is 2. The van der Waals surface area contributed by atoms with Crippen molar-refractivity contribution in [3.05, 3.63) is 47.5 Å². The Hall–Kier alpha value is -5.00. The van der Waals surface area contributed by atoms with Crippen LogP contribution >= 0.6 is 0 Å². The van der Waals surface area contributed by atoms with Gasteiger partial charge in [-0.3, -0.25) is 10.1 Å². The number of fused-ring (bicyclic) bond motifs is 3. The van der Waals surface area contributed by atoms with E-state index in [0.29, 0.717) is 77.2 Å². The molecule has 258 valence electrons. The standard InChI is InChI=1S/C36H37FN8O5/c1-2-26-27(37)5-4-21-10-25(46)11-22(28(21)26)14-45-20-38-29-30(45)39-33(44-9-3-6-36(18-44)32(47)41-34(48)42-36)40-31(29)50-19-35(7-8-35)17-43-12-23-15-49-16-24(23)13-43/h1,4-5,10-11,20,23-24,46H,3,6-9,12-19H2,(H2,41,42,47,48). The number of piperidine rings is 1. The minimum Gasteiger partial charge on any atom is -0.508 e. The molecule has 4 saturated heterocycles. The van der Waals surface area contributed by atoms with Crippen LogP contribution in [0.2, 0.25) is 0 Å². The normalized spacial score (nSPS) is 25.6. The van der Waals surface area contributed by atoms with Gasteiger partial charge in [-0.05, 0) is 54.8 Å². The molecule has 2 aromatic carbocycles. The number of phenolic OH excluding ortho intramolecular Hbond substituents is 1. The molecular weight excluding hydrogens is 643 g/mol. The molecule has 13 nitrogen and oxygen atoms in total. The van der Waals surface area contributed by atoms with Gasteiger partial charge in [0.2, 0.25) is 11.8 Å². The van der Waals surface area contributed by atoms with E-state index in [9.17, 15) is 19.1 Å². The Bertz CT molecular complexity index is 2100. The maximum Gasteiger partial charge on any atom is 0.322 e. The predicted molar refractivity (Wildman–Crippen MR) is 180 cm³/mol. The lowest BCUT2D eigenvalue weighted by Crippen LogP contribution is -2.59. The Morgan fingerprint density at radius 1 is 1.14 bits per heavy atom. The number of rotatable bonds is 8. The van der Waals surface area contributed by atoms with Crippen LogP contribution in [0.15, 0.2) is 30.6 Å². The number of halogens is 1.